The summed E-state index contributed by atoms with van der Waals surface area (Å²) in [4.78, 5) is 0. The zero-order valence-corrected chi connectivity index (χ0v) is 8.43. The Kier molecular flexibility index (Phi) is 3.13. The van der Waals surface area contributed by atoms with Gasteiger partial charge in [0.2, 0.25) is 0 Å². The maximum absolute atomic E-state index is 9.98. The molecule has 0 bridgehead atoms. The summed E-state index contributed by atoms with van der Waals surface area (Å²) < 4.78 is 0. The van der Waals surface area contributed by atoms with Crippen molar-refractivity contribution >= 4 is 0 Å². The van der Waals surface area contributed by atoms with Gasteiger partial charge in [0.25, 0.3) is 0 Å². The smallest absolute Gasteiger partial charge is 0.0617 e. The van der Waals surface area contributed by atoms with Crippen LogP contribution in [0.5, 0.6) is 0 Å². The molecule has 1 aliphatic heterocycles. The van der Waals surface area contributed by atoms with Gasteiger partial charge in [-0.25, -0.2) is 0 Å². The molecule has 0 saturated carbocycles. The second-order valence-electron chi connectivity index (χ2n) is 4.90. The summed E-state index contributed by atoms with van der Waals surface area (Å²) in [5, 5.41) is 13.3. The number of rotatable bonds is 1. The van der Waals surface area contributed by atoms with Crippen LogP contribution in [0.3, 0.4) is 0 Å². The Bertz CT molecular complexity index is 133. The standard InChI is InChI=1S/C10H21NO/c1-10(2,3)9(12)8-4-6-11-7-5-8/h8-9,11-12H,4-7H2,1-3H3/t9-/m0/s1. The molecule has 0 spiro atoms. The van der Waals surface area contributed by atoms with Crippen LogP contribution in [-0.4, -0.2) is 24.3 Å². The predicted octanol–water partition coefficient (Wildman–Crippen LogP) is 1.39. The molecular weight excluding hydrogens is 150 g/mol. The van der Waals surface area contributed by atoms with E-state index in [1.54, 1.807) is 0 Å². The third-order valence-electron chi connectivity index (χ3n) is 2.72. The largest absolute Gasteiger partial charge is 0.392 e. The van der Waals surface area contributed by atoms with Crippen LogP contribution in [-0.2, 0) is 0 Å². The first-order valence-corrected chi connectivity index (χ1v) is 4.90. The van der Waals surface area contributed by atoms with Gasteiger partial charge >= 0.3 is 0 Å². The molecule has 0 radical (unpaired) electrons. The van der Waals surface area contributed by atoms with Crippen molar-refractivity contribution in [1.82, 2.24) is 5.32 Å². The number of aliphatic hydroxyl groups is 1. The molecule has 1 aliphatic rings. The van der Waals surface area contributed by atoms with E-state index < -0.39 is 0 Å². The Morgan fingerprint density at radius 1 is 1.25 bits per heavy atom. The molecule has 0 aromatic carbocycles. The minimum atomic E-state index is -0.139. The van der Waals surface area contributed by atoms with Crippen molar-refractivity contribution in [1.29, 1.82) is 0 Å². The van der Waals surface area contributed by atoms with Crippen LogP contribution in [0.15, 0.2) is 0 Å². The first-order chi connectivity index (χ1) is 5.52. The Hall–Kier alpha value is -0.0800. The van der Waals surface area contributed by atoms with Gasteiger partial charge in [-0.1, -0.05) is 20.8 Å². The average molecular weight is 171 g/mol. The molecule has 12 heavy (non-hydrogen) atoms. The fraction of sp³-hybridized carbons (Fsp3) is 1.00. The van der Waals surface area contributed by atoms with E-state index in [4.69, 9.17) is 0 Å². The van der Waals surface area contributed by atoms with E-state index in [-0.39, 0.29) is 11.5 Å². The molecule has 1 fully saturated rings. The van der Waals surface area contributed by atoms with Gasteiger partial charge in [0.1, 0.15) is 0 Å². The van der Waals surface area contributed by atoms with Crippen LogP contribution < -0.4 is 5.32 Å². The molecule has 0 unspecified atom stereocenters. The van der Waals surface area contributed by atoms with Crippen LogP contribution >= 0.6 is 0 Å². The highest BCUT2D eigenvalue weighted by molar-refractivity contribution is 4.82. The third-order valence-corrected chi connectivity index (χ3v) is 2.72. The monoisotopic (exact) mass is 171 g/mol. The first-order valence-electron chi connectivity index (χ1n) is 4.90. The topological polar surface area (TPSA) is 32.3 Å². The van der Waals surface area contributed by atoms with Gasteiger partial charge in [0.15, 0.2) is 0 Å². The number of aliphatic hydroxyl groups excluding tert-OH is 1. The van der Waals surface area contributed by atoms with Crippen molar-refractivity contribution in [3.63, 3.8) is 0 Å². The lowest BCUT2D eigenvalue weighted by molar-refractivity contribution is 0.000613. The molecule has 1 rings (SSSR count). The van der Waals surface area contributed by atoms with Gasteiger partial charge in [0, 0.05) is 0 Å². The number of piperidine rings is 1. The fourth-order valence-corrected chi connectivity index (χ4v) is 1.87. The number of hydrogen-bond acceptors (Lipinski definition) is 2. The predicted molar refractivity (Wildman–Crippen MR) is 51.1 cm³/mol. The Morgan fingerprint density at radius 3 is 2.17 bits per heavy atom. The summed E-state index contributed by atoms with van der Waals surface area (Å²) in [6.45, 7) is 8.47. The molecular formula is C10H21NO. The van der Waals surface area contributed by atoms with Gasteiger partial charge in [-0.15, -0.1) is 0 Å². The van der Waals surface area contributed by atoms with Crippen LogP contribution in [0.2, 0.25) is 0 Å². The van der Waals surface area contributed by atoms with Crippen molar-refractivity contribution < 1.29 is 5.11 Å². The molecule has 0 amide bonds. The summed E-state index contributed by atoms with van der Waals surface area (Å²) in [5.41, 5.74) is 0.0437. The molecule has 72 valence electrons. The Morgan fingerprint density at radius 2 is 1.75 bits per heavy atom. The van der Waals surface area contributed by atoms with E-state index in [9.17, 15) is 5.11 Å². The lowest BCUT2D eigenvalue weighted by atomic mass is 9.78. The maximum atomic E-state index is 9.98. The summed E-state index contributed by atoms with van der Waals surface area (Å²) >= 11 is 0. The molecule has 1 heterocycles. The van der Waals surface area contributed by atoms with E-state index >= 15 is 0 Å². The summed E-state index contributed by atoms with van der Waals surface area (Å²) in [6, 6.07) is 0. The lowest BCUT2D eigenvalue weighted by Crippen LogP contribution is -2.40. The van der Waals surface area contributed by atoms with Crippen molar-refractivity contribution in [3.05, 3.63) is 0 Å². The van der Waals surface area contributed by atoms with E-state index in [2.05, 4.69) is 26.1 Å². The molecule has 2 nitrogen and oxygen atoms in total. The zero-order valence-electron chi connectivity index (χ0n) is 8.43. The highest BCUT2D eigenvalue weighted by Gasteiger charge is 2.30. The first kappa shape index (κ1) is 10.0. The van der Waals surface area contributed by atoms with Crippen LogP contribution in [0, 0.1) is 11.3 Å². The van der Waals surface area contributed by atoms with Crippen LogP contribution in [0.25, 0.3) is 0 Å². The summed E-state index contributed by atoms with van der Waals surface area (Å²) in [6.07, 6.45) is 2.11. The van der Waals surface area contributed by atoms with Gasteiger partial charge < -0.3 is 10.4 Å². The molecule has 2 N–H and O–H groups in total. The van der Waals surface area contributed by atoms with E-state index in [1.165, 1.54) is 0 Å². The van der Waals surface area contributed by atoms with Gasteiger partial charge in [-0.05, 0) is 37.3 Å². The molecule has 0 aromatic heterocycles. The Labute approximate surface area is 75.4 Å². The van der Waals surface area contributed by atoms with Crippen molar-refractivity contribution in [3.8, 4) is 0 Å². The SMILES string of the molecule is CC(C)(C)[C@@H](O)C1CCNCC1. The van der Waals surface area contributed by atoms with Crippen LogP contribution in [0.1, 0.15) is 33.6 Å². The van der Waals surface area contributed by atoms with E-state index in [0.717, 1.165) is 25.9 Å². The number of nitrogens with one attached hydrogen (secondary N) is 1. The molecule has 1 saturated heterocycles. The normalized spacial score (nSPS) is 24.0. The minimum absolute atomic E-state index is 0.0437. The van der Waals surface area contributed by atoms with Crippen molar-refractivity contribution in [2.24, 2.45) is 11.3 Å². The van der Waals surface area contributed by atoms with Crippen molar-refractivity contribution in [2.45, 2.75) is 39.7 Å². The van der Waals surface area contributed by atoms with E-state index in [1.807, 2.05) is 0 Å². The summed E-state index contributed by atoms with van der Waals surface area (Å²) in [7, 11) is 0. The Balaban J connectivity index is 2.45. The second kappa shape index (κ2) is 3.75. The van der Waals surface area contributed by atoms with E-state index in [0.29, 0.717) is 5.92 Å². The molecule has 0 aliphatic carbocycles. The summed E-state index contributed by atoms with van der Waals surface area (Å²) in [5.74, 6) is 0.506. The highest BCUT2D eigenvalue weighted by atomic mass is 16.3. The van der Waals surface area contributed by atoms with Crippen molar-refractivity contribution in [2.75, 3.05) is 13.1 Å². The highest BCUT2D eigenvalue weighted by Crippen LogP contribution is 2.29. The quantitative estimate of drug-likeness (QED) is 0.625. The maximum Gasteiger partial charge on any atom is 0.0617 e. The van der Waals surface area contributed by atoms with Gasteiger partial charge in [-0.2, -0.15) is 0 Å². The molecule has 1 atom stereocenters. The fourth-order valence-electron chi connectivity index (χ4n) is 1.87. The molecule has 2 heteroatoms. The van der Waals surface area contributed by atoms with Gasteiger partial charge in [-0.3, -0.25) is 0 Å². The van der Waals surface area contributed by atoms with Crippen LogP contribution in [0.4, 0.5) is 0 Å². The zero-order chi connectivity index (χ0) is 9.19. The van der Waals surface area contributed by atoms with Gasteiger partial charge in [0.05, 0.1) is 6.10 Å². The molecule has 0 aromatic rings. The lowest BCUT2D eigenvalue weighted by Gasteiger charge is -2.35. The average Bonchev–Trinajstić information content (AvgIpc) is 2.03. The number of hydrogen-bond donors (Lipinski definition) is 2. The third kappa shape index (κ3) is 2.46. The minimum Gasteiger partial charge on any atom is -0.392 e. The second-order valence-corrected chi connectivity index (χ2v) is 4.90.